The second-order valence-corrected chi connectivity index (χ2v) is 7.51. The smallest absolute Gasteiger partial charge is 0 e. The van der Waals surface area contributed by atoms with Crippen molar-refractivity contribution >= 4 is 0 Å². The molecule has 0 atom stereocenters. The number of rotatable bonds is 0. The Kier molecular flexibility index (Phi) is 12.4. The number of hydrogen-bond donors (Lipinski definition) is 4. The van der Waals surface area contributed by atoms with Crippen LogP contribution in [0.4, 0.5) is 0 Å². The molecule has 0 aromatic carbocycles. The van der Waals surface area contributed by atoms with Crippen molar-refractivity contribution in [2.45, 2.75) is 0 Å². The summed E-state index contributed by atoms with van der Waals surface area (Å²) in [5.74, 6) is 0. The number of hydrogen-bond acceptors (Lipinski definition) is 6. The molecule has 15 heteroatoms. The van der Waals surface area contributed by atoms with Crippen LogP contribution in [0.1, 0.15) is 0 Å². The molecule has 0 aromatic rings. The molecule has 0 fully saturated rings. The van der Waals surface area contributed by atoms with Crippen molar-refractivity contribution in [1.29, 1.82) is 0 Å². The molecule has 0 aliphatic carbocycles. The third kappa shape index (κ3) is 8390. The topological polar surface area (TPSA) is 246 Å². The first-order valence-electron chi connectivity index (χ1n) is 1.50. The van der Waals surface area contributed by atoms with E-state index in [1.54, 1.807) is 0 Å². The molecule has 0 radical (unpaired) electrons. The van der Waals surface area contributed by atoms with Crippen LogP contribution in [0.2, 0.25) is 0 Å². The van der Waals surface area contributed by atoms with Gasteiger partial charge in [-0.25, -0.2) is 0 Å². The maximum Gasteiger partial charge on any atom is 0 e. The molecule has 0 unspecified atom stereocenters. The van der Waals surface area contributed by atoms with E-state index < -0.39 is 28.3 Å². The summed E-state index contributed by atoms with van der Waals surface area (Å²) in [6, 6.07) is 0. The zero-order chi connectivity index (χ0) is 10.9. The summed E-state index contributed by atoms with van der Waals surface area (Å²) in [4.78, 5) is 0. The standard InChI is InChI=1S/6H2O.6O.2Ru.Ti/h6*1H2;;;;;;;;;/q;;;;;;;;;;;;2*+2;/p-4. The van der Waals surface area contributed by atoms with Crippen molar-refractivity contribution in [3.63, 3.8) is 0 Å². The van der Waals surface area contributed by atoms with Gasteiger partial charge in [0.1, 0.15) is 0 Å². The third-order valence-corrected chi connectivity index (χ3v) is 0. The molecule has 0 spiro atoms. The second-order valence-electron chi connectivity index (χ2n) is 1.27. The summed E-state index contributed by atoms with van der Waals surface area (Å²) < 4.78 is 81.4. The fourth-order valence-corrected chi connectivity index (χ4v) is 0. The monoisotopic (exact) mass is 452 g/mol. The third-order valence-electron chi connectivity index (χ3n) is 0. The predicted octanol–water partition coefficient (Wildman–Crippen LogP) is -4.60. The minimum atomic E-state index is -7.22. The quantitative estimate of drug-likeness (QED) is 0.257. The van der Waals surface area contributed by atoms with Crippen molar-refractivity contribution in [1.82, 2.24) is 0 Å². The van der Waals surface area contributed by atoms with E-state index in [4.69, 9.17) is 37.2 Å². The van der Waals surface area contributed by atoms with Gasteiger partial charge in [-0.05, 0) is 0 Å². The molecule has 8 N–H and O–H groups in total. The van der Waals surface area contributed by atoms with Gasteiger partial charge < -0.3 is 11.0 Å². The van der Waals surface area contributed by atoms with Crippen molar-refractivity contribution in [2.24, 2.45) is 0 Å². The summed E-state index contributed by atoms with van der Waals surface area (Å²) in [5.41, 5.74) is 0. The van der Waals surface area contributed by atoms with Crippen molar-refractivity contribution in [3.8, 4) is 0 Å². The van der Waals surface area contributed by atoms with Crippen molar-refractivity contribution in [2.75, 3.05) is 0 Å². The Morgan fingerprint density at radius 3 is 0.533 bits per heavy atom. The molecule has 0 amide bonds. The van der Waals surface area contributed by atoms with E-state index in [1.165, 1.54) is 0 Å². The summed E-state index contributed by atoms with van der Waals surface area (Å²) >= 11 is -14.4. The van der Waals surface area contributed by atoms with Gasteiger partial charge in [0.2, 0.25) is 0 Å². The van der Waals surface area contributed by atoms with E-state index in [1.807, 2.05) is 0 Å². The van der Waals surface area contributed by atoms with Gasteiger partial charge in [-0.2, -0.15) is 0 Å². The van der Waals surface area contributed by atoms with Gasteiger partial charge in [-0.1, -0.05) is 0 Å². The van der Waals surface area contributed by atoms with Gasteiger partial charge in [-0.15, -0.1) is 0 Å². The summed E-state index contributed by atoms with van der Waals surface area (Å²) in [5, 5.41) is 0. The van der Waals surface area contributed by atoms with Crippen LogP contribution >= 0.6 is 0 Å². The van der Waals surface area contributed by atoms with E-state index in [-0.39, 0.29) is 32.7 Å². The largest absolute Gasteiger partial charge is 0 e. The Morgan fingerprint density at radius 1 is 0.533 bits per heavy atom. The molecular weight excluding hydrogens is 442 g/mol. The minimum Gasteiger partial charge on any atom is 0 e. The molecule has 0 heterocycles. The summed E-state index contributed by atoms with van der Waals surface area (Å²) in [6.07, 6.45) is 0. The van der Waals surface area contributed by atoms with Crippen LogP contribution in [0.3, 0.4) is 0 Å². The first-order chi connectivity index (χ1) is 4.47. The first kappa shape index (κ1) is 29.6. The van der Waals surface area contributed by atoms with Crippen molar-refractivity contribution < 1.29 is 98.2 Å². The fraction of sp³-hybridized carbons (Fsp3) is 0. The van der Waals surface area contributed by atoms with Crippen LogP contribution in [0, 0.1) is 0 Å². The average molecular weight is 450 g/mol. The first-order valence-corrected chi connectivity index (χ1v) is 8.87. The van der Waals surface area contributed by atoms with Crippen LogP contribution in [0.25, 0.3) is 0 Å². The molecule has 100 valence electrons. The molecule has 0 saturated carbocycles. The van der Waals surface area contributed by atoms with E-state index >= 15 is 0 Å². The summed E-state index contributed by atoms with van der Waals surface area (Å²) in [7, 11) is 0. The molecule has 0 aliphatic rings. The average Bonchev–Trinajstić information content (AvgIpc) is 1.02. The zero-order valence-corrected chi connectivity index (χ0v) is 11.5. The van der Waals surface area contributed by atoms with Gasteiger partial charge in [0.15, 0.2) is 0 Å². The minimum absolute atomic E-state index is 0. The summed E-state index contributed by atoms with van der Waals surface area (Å²) in [6.45, 7) is 0. The SMILES string of the molecule is O.O.[O]=[Ru](=[O])(=[O])([OH])[OH].[O]=[Ru](=[O])(=[O])([OH])[OH].[Ti]. The molecule has 0 saturated heterocycles. The Morgan fingerprint density at radius 2 is 0.533 bits per heavy atom. The Hall–Kier alpha value is 0.521. The van der Waals surface area contributed by atoms with Crippen molar-refractivity contribution in [3.05, 3.63) is 0 Å². The Balaban J connectivity index is -0.0000000370. The molecule has 0 rings (SSSR count). The van der Waals surface area contributed by atoms with Crippen LogP contribution < -0.4 is 0 Å². The van der Waals surface area contributed by atoms with Crippen LogP contribution in [0.5, 0.6) is 0 Å². The van der Waals surface area contributed by atoms with Gasteiger partial charge in [0.05, 0.1) is 0 Å². The maximum atomic E-state index is 8.86. The van der Waals surface area contributed by atoms with E-state index in [0.717, 1.165) is 0 Å². The van der Waals surface area contributed by atoms with Gasteiger partial charge in [0, 0.05) is 21.7 Å². The van der Waals surface area contributed by atoms with Crippen LogP contribution in [-0.4, -0.2) is 26.7 Å². The normalized spacial score (nSPS) is 14.9. The van der Waals surface area contributed by atoms with Gasteiger partial charge in [0.25, 0.3) is 0 Å². The predicted molar refractivity (Wildman–Crippen MR) is 20.2 cm³/mol. The van der Waals surface area contributed by atoms with E-state index in [0.29, 0.717) is 0 Å². The molecule has 15 heavy (non-hydrogen) atoms. The van der Waals surface area contributed by atoms with E-state index in [2.05, 4.69) is 0 Å². The molecule has 0 aromatic heterocycles. The van der Waals surface area contributed by atoms with Crippen LogP contribution in [-0.2, 0) is 71.5 Å². The fourth-order valence-electron chi connectivity index (χ4n) is 0. The van der Waals surface area contributed by atoms with Gasteiger partial charge >= 0.3 is 65.5 Å². The molecule has 0 bridgehead atoms. The second kappa shape index (κ2) is 6.30. The zero-order valence-electron chi connectivity index (χ0n) is 6.45. The van der Waals surface area contributed by atoms with E-state index in [9.17, 15) is 0 Å². The van der Waals surface area contributed by atoms with Crippen LogP contribution in [0.15, 0.2) is 0 Å². The molecule has 12 nitrogen and oxygen atoms in total. The molecule has 0 aliphatic heterocycles. The maximum absolute atomic E-state index is 8.86. The Bertz CT molecular complexity index is 426. The Labute approximate surface area is 97.7 Å². The molecular formula is H8O12Ru2Ti. The van der Waals surface area contributed by atoms with Gasteiger partial charge in [-0.3, -0.25) is 0 Å².